The molecule has 25 heavy (non-hydrogen) atoms. The van der Waals surface area contributed by atoms with Gasteiger partial charge in [0.2, 0.25) is 5.91 Å². The lowest BCUT2D eigenvalue weighted by Crippen LogP contribution is -2.21. The Balaban J connectivity index is 1.77. The Morgan fingerprint density at radius 3 is 2.44 bits per heavy atom. The van der Waals surface area contributed by atoms with Crippen molar-refractivity contribution in [2.75, 3.05) is 26.1 Å². The van der Waals surface area contributed by atoms with Crippen LogP contribution in [-0.4, -0.2) is 26.7 Å². The van der Waals surface area contributed by atoms with E-state index in [1.807, 2.05) is 18.2 Å². The SMILES string of the molecule is COc1ccc(CNCCC(=O)Nc2ccc(F)c(F)c2)cc1OC. The summed E-state index contributed by atoms with van der Waals surface area (Å²) in [6.07, 6.45) is 0.201. The van der Waals surface area contributed by atoms with Gasteiger partial charge in [-0.1, -0.05) is 6.07 Å². The Morgan fingerprint density at radius 2 is 1.76 bits per heavy atom. The molecule has 2 aromatic carbocycles. The van der Waals surface area contributed by atoms with Gasteiger partial charge in [-0.05, 0) is 29.8 Å². The lowest BCUT2D eigenvalue weighted by Gasteiger charge is -2.10. The van der Waals surface area contributed by atoms with Crippen LogP contribution in [0.4, 0.5) is 14.5 Å². The summed E-state index contributed by atoms with van der Waals surface area (Å²) in [5.74, 6) is -0.945. The van der Waals surface area contributed by atoms with Crippen molar-refractivity contribution in [3.63, 3.8) is 0 Å². The van der Waals surface area contributed by atoms with Gasteiger partial charge in [-0.3, -0.25) is 4.79 Å². The van der Waals surface area contributed by atoms with Crippen LogP contribution in [0.15, 0.2) is 36.4 Å². The molecule has 0 aliphatic carbocycles. The molecule has 7 heteroatoms. The topological polar surface area (TPSA) is 59.6 Å². The van der Waals surface area contributed by atoms with Gasteiger partial charge >= 0.3 is 0 Å². The maximum atomic E-state index is 13.1. The number of amides is 1. The number of halogens is 2. The number of hydrogen-bond acceptors (Lipinski definition) is 4. The van der Waals surface area contributed by atoms with E-state index < -0.39 is 11.6 Å². The predicted molar refractivity (Wildman–Crippen MR) is 90.9 cm³/mol. The smallest absolute Gasteiger partial charge is 0.225 e. The van der Waals surface area contributed by atoms with Crippen LogP contribution in [-0.2, 0) is 11.3 Å². The number of anilines is 1. The van der Waals surface area contributed by atoms with Crippen molar-refractivity contribution >= 4 is 11.6 Å². The zero-order valence-electron chi connectivity index (χ0n) is 14.1. The van der Waals surface area contributed by atoms with Crippen molar-refractivity contribution in [2.24, 2.45) is 0 Å². The minimum absolute atomic E-state index is 0.201. The summed E-state index contributed by atoms with van der Waals surface area (Å²) < 4.78 is 36.3. The summed E-state index contributed by atoms with van der Waals surface area (Å²) in [5.41, 5.74) is 1.21. The number of rotatable bonds is 8. The van der Waals surface area contributed by atoms with Crippen LogP contribution in [0.1, 0.15) is 12.0 Å². The second kappa shape index (κ2) is 8.98. The molecule has 0 radical (unpaired) electrons. The van der Waals surface area contributed by atoms with Crippen LogP contribution < -0.4 is 20.1 Å². The van der Waals surface area contributed by atoms with Gasteiger partial charge in [-0.15, -0.1) is 0 Å². The summed E-state index contributed by atoms with van der Waals surface area (Å²) in [7, 11) is 3.14. The lowest BCUT2D eigenvalue weighted by molar-refractivity contribution is -0.116. The standard InChI is InChI=1S/C18H20F2N2O3/c1-24-16-6-3-12(9-17(16)25-2)11-21-8-7-18(23)22-13-4-5-14(19)15(20)10-13/h3-6,9-10,21H,7-8,11H2,1-2H3,(H,22,23). The first-order valence-electron chi connectivity index (χ1n) is 7.70. The molecule has 0 unspecified atom stereocenters. The van der Waals surface area contributed by atoms with Crippen molar-refractivity contribution in [3.05, 3.63) is 53.6 Å². The molecule has 0 saturated heterocycles. The van der Waals surface area contributed by atoms with E-state index in [1.54, 1.807) is 14.2 Å². The number of ether oxygens (including phenoxy) is 2. The molecule has 5 nitrogen and oxygen atoms in total. The minimum atomic E-state index is -0.996. The van der Waals surface area contributed by atoms with Gasteiger partial charge in [-0.2, -0.15) is 0 Å². The van der Waals surface area contributed by atoms with Gasteiger partial charge in [0.15, 0.2) is 23.1 Å². The van der Waals surface area contributed by atoms with Gasteiger partial charge in [0, 0.05) is 31.3 Å². The number of carbonyl (C=O) groups is 1. The Labute approximate surface area is 144 Å². The Morgan fingerprint density at radius 1 is 1.00 bits per heavy atom. The molecule has 0 aromatic heterocycles. The molecule has 0 fully saturated rings. The highest BCUT2D eigenvalue weighted by atomic mass is 19.2. The molecule has 0 aliphatic rings. The van der Waals surface area contributed by atoms with E-state index >= 15 is 0 Å². The highest BCUT2D eigenvalue weighted by Crippen LogP contribution is 2.27. The van der Waals surface area contributed by atoms with Crippen molar-refractivity contribution in [2.45, 2.75) is 13.0 Å². The van der Waals surface area contributed by atoms with Crippen LogP contribution in [0.5, 0.6) is 11.5 Å². The van der Waals surface area contributed by atoms with Crippen LogP contribution >= 0.6 is 0 Å². The Kier molecular flexibility index (Phi) is 6.71. The normalized spacial score (nSPS) is 10.4. The van der Waals surface area contributed by atoms with Crippen LogP contribution in [0, 0.1) is 11.6 Å². The van der Waals surface area contributed by atoms with Crippen molar-refractivity contribution in [1.82, 2.24) is 5.32 Å². The summed E-state index contributed by atoms with van der Waals surface area (Å²) in [6, 6.07) is 8.80. The molecule has 134 valence electrons. The summed E-state index contributed by atoms with van der Waals surface area (Å²) >= 11 is 0. The van der Waals surface area contributed by atoms with Crippen LogP contribution in [0.3, 0.4) is 0 Å². The van der Waals surface area contributed by atoms with Crippen molar-refractivity contribution < 1.29 is 23.0 Å². The predicted octanol–water partition coefficient (Wildman–Crippen LogP) is 3.10. The average Bonchev–Trinajstić information content (AvgIpc) is 2.61. The molecule has 1 amide bonds. The summed E-state index contributed by atoms with van der Waals surface area (Å²) in [6.45, 7) is 0.989. The molecule has 0 aliphatic heterocycles. The number of methoxy groups -OCH3 is 2. The monoisotopic (exact) mass is 350 g/mol. The Hall–Kier alpha value is -2.67. The fourth-order valence-electron chi connectivity index (χ4n) is 2.22. The lowest BCUT2D eigenvalue weighted by atomic mass is 10.2. The van der Waals surface area contributed by atoms with Gasteiger partial charge in [0.25, 0.3) is 0 Å². The maximum Gasteiger partial charge on any atom is 0.225 e. The molecule has 0 atom stereocenters. The van der Waals surface area contributed by atoms with E-state index in [4.69, 9.17) is 9.47 Å². The summed E-state index contributed by atoms with van der Waals surface area (Å²) in [4.78, 5) is 11.8. The first-order chi connectivity index (χ1) is 12.0. The highest BCUT2D eigenvalue weighted by Gasteiger charge is 2.07. The Bertz CT molecular complexity index is 738. The quantitative estimate of drug-likeness (QED) is 0.719. The molecule has 0 heterocycles. The van der Waals surface area contributed by atoms with Gasteiger partial charge in [0.1, 0.15) is 0 Å². The second-order valence-electron chi connectivity index (χ2n) is 5.29. The van der Waals surface area contributed by atoms with Gasteiger partial charge in [0.05, 0.1) is 14.2 Å². The van der Waals surface area contributed by atoms with Gasteiger partial charge in [-0.25, -0.2) is 8.78 Å². The second-order valence-corrected chi connectivity index (χ2v) is 5.29. The van der Waals surface area contributed by atoms with E-state index in [1.165, 1.54) is 6.07 Å². The van der Waals surface area contributed by atoms with E-state index in [-0.39, 0.29) is 18.0 Å². The molecule has 2 rings (SSSR count). The largest absolute Gasteiger partial charge is 0.493 e. The van der Waals surface area contributed by atoms with Crippen LogP contribution in [0.2, 0.25) is 0 Å². The number of hydrogen-bond donors (Lipinski definition) is 2. The van der Waals surface area contributed by atoms with E-state index in [2.05, 4.69) is 10.6 Å². The maximum absolute atomic E-state index is 13.1. The van der Waals surface area contributed by atoms with E-state index in [0.717, 1.165) is 17.7 Å². The van der Waals surface area contributed by atoms with E-state index in [9.17, 15) is 13.6 Å². The molecule has 2 aromatic rings. The molecular formula is C18H20F2N2O3. The van der Waals surface area contributed by atoms with Crippen molar-refractivity contribution in [3.8, 4) is 11.5 Å². The molecule has 0 saturated carbocycles. The van der Waals surface area contributed by atoms with Gasteiger partial charge < -0.3 is 20.1 Å². The average molecular weight is 350 g/mol. The molecular weight excluding hydrogens is 330 g/mol. The number of nitrogens with one attached hydrogen (secondary N) is 2. The third-order valence-corrected chi connectivity index (χ3v) is 3.51. The number of carbonyl (C=O) groups excluding carboxylic acids is 1. The molecule has 0 bridgehead atoms. The summed E-state index contributed by atoms with van der Waals surface area (Å²) in [5, 5.41) is 5.66. The van der Waals surface area contributed by atoms with E-state index in [0.29, 0.717) is 24.6 Å². The van der Waals surface area contributed by atoms with Crippen molar-refractivity contribution in [1.29, 1.82) is 0 Å². The zero-order chi connectivity index (χ0) is 18.2. The fraction of sp³-hybridized carbons (Fsp3) is 0.278. The third-order valence-electron chi connectivity index (χ3n) is 3.51. The molecule has 2 N–H and O–H groups in total. The minimum Gasteiger partial charge on any atom is -0.493 e. The zero-order valence-corrected chi connectivity index (χ0v) is 14.1. The molecule has 0 spiro atoms. The fourth-order valence-corrected chi connectivity index (χ4v) is 2.22. The third kappa shape index (κ3) is 5.42. The first-order valence-corrected chi connectivity index (χ1v) is 7.70. The van der Waals surface area contributed by atoms with Crippen LogP contribution in [0.25, 0.3) is 0 Å². The highest BCUT2D eigenvalue weighted by molar-refractivity contribution is 5.90. The number of benzene rings is 2. The first kappa shape index (κ1) is 18.7.